The van der Waals surface area contributed by atoms with Gasteiger partial charge in [-0.15, -0.1) is 0 Å². The number of aromatic nitrogens is 1. The SMILES string of the molecule is CC(C)c1nc2ccc(S(=O)(=O)N3CCOCC3)cc2c2c1C(=O)OC2=O. The summed E-state index contributed by atoms with van der Waals surface area (Å²) >= 11 is 0. The number of carbonyl (C=O) groups is 2. The molecule has 9 heteroatoms. The van der Waals surface area contributed by atoms with Crippen LogP contribution < -0.4 is 0 Å². The lowest BCUT2D eigenvalue weighted by Gasteiger charge is -2.26. The molecule has 142 valence electrons. The first-order chi connectivity index (χ1) is 12.8. The Morgan fingerprint density at radius 2 is 1.74 bits per heavy atom. The number of ether oxygens (including phenoxy) is 2. The van der Waals surface area contributed by atoms with Crippen LogP contribution in [-0.4, -0.2) is 55.9 Å². The van der Waals surface area contributed by atoms with E-state index in [4.69, 9.17) is 9.47 Å². The number of hydrogen-bond donors (Lipinski definition) is 0. The van der Waals surface area contributed by atoms with Crippen molar-refractivity contribution in [3.05, 3.63) is 35.0 Å². The van der Waals surface area contributed by atoms with E-state index in [2.05, 4.69) is 4.98 Å². The van der Waals surface area contributed by atoms with Gasteiger partial charge in [-0.3, -0.25) is 4.98 Å². The minimum absolute atomic E-state index is 0.0466. The molecule has 2 aliphatic rings. The van der Waals surface area contributed by atoms with Crippen molar-refractivity contribution in [1.29, 1.82) is 0 Å². The Balaban J connectivity index is 1.93. The van der Waals surface area contributed by atoms with E-state index in [0.717, 1.165) is 0 Å². The Morgan fingerprint density at radius 3 is 2.41 bits per heavy atom. The number of esters is 2. The van der Waals surface area contributed by atoms with E-state index in [9.17, 15) is 18.0 Å². The van der Waals surface area contributed by atoms with Gasteiger partial charge in [0.25, 0.3) is 0 Å². The standard InChI is InChI=1S/C18H18N2O6S/c1-10(2)16-15-14(17(21)26-18(15)22)12-9-11(3-4-13(12)19-16)27(23,24)20-5-7-25-8-6-20/h3-4,9-10H,5-8H2,1-2H3. The number of cyclic esters (lactones) is 2. The molecule has 1 saturated heterocycles. The monoisotopic (exact) mass is 390 g/mol. The maximum atomic E-state index is 12.9. The molecular weight excluding hydrogens is 372 g/mol. The summed E-state index contributed by atoms with van der Waals surface area (Å²) in [7, 11) is -3.74. The predicted octanol–water partition coefficient (Wildman–Crippen LogP) is 1.69. The summed E-state index contributed by atoms with van der Waals surface area (Å²) in [6, 6.07) is 4.43. The van der Waals surface area contributed by atoms with E-state index in [1.54, 1.807) is 6.07 Å². The molecule has 0 saturated carbocycles. The van der Waals surface area contributed by atoms with Crippen LogP contribution in [0.5, 0.6) is 0 Å². The molecule has 0 unspecified atom stereocenters. The van der Waals surface area contributed by atoms with Crippen LogP contribution in [0.15, 0.2) is 23.1 Å². The van der Waals surface area contributed by atoms with Gasteiger partial charge in [0.05, 0.1) is 40.4 Å². The van der Waals surface area contributed by atoms with Crippen molar-refractivity contribution in [3.63, 3.8) is 0 Å². The number of benzene rings is 1. The number of nitrogens with zero attached hydrogens (tertiary/aromatic N) is 2. The van der Waals surface area contributed by atoms with Crippen LogP contribution in [-0.2, 0) is 19.5 Å². The lowest BCUT2D eigenvalue weighted by Crippen LogP contribution is -2.40. The smallest absolute Gasteiger partial charge is 0.348 e. The van der Waals surface area contributed by atoms with E-state index in [1.807, 2.05) is 13.8 Å². The fraction of sp³-hybridized carbons (Fsp3) is 0.389. The molecule has 0 spiro atoms. The molecule has 0 radical (unpaired) electrons. The van der Waals surface area contributed by atoms with Crippen molar-refractivity contribution in [1.82, 2.24) is 9.29 Å². The van der Waals surface area contributed by atoms with E-state index >= 15 is 0 Å². The molecule has 0 atom stereocenters. The molecule has 3 heterocycles. The number of fused-ring (bicyclic) bond motifs is 3. The minimum atomic E-state index is -3.74. The molecule has 0 N–H and O–H groups in total. The number of carbonyl (C=O) groups excluding carboxylic acids is 2. The van der Waals surface area contributed by atoms with Crippen LogP contribution in [0.4, 0.5) is 0 Å². The predicted molar refractivity (Wildman–Crippen MR) is 95.2 cm³/mol. The highest BCUT2D eigenvalue weighted by Gasteiger charge is 2.37. The zero-order valence-corrected chi connectivity index (χ0v) is 15.7. The van der Waals surface area contributed by atoms with Gasteiger partial charge >= 0.3 is 11.9 Å². The molecule has 1 aromatic carbocycles. The molecule has 0 bridgehead atoms. The number of pyridine rings is 1. The fourth-order valence-electron chi connectivity index (χ4n) is 3.38. The van der Waals surface area contributed by atoms with Crippen molar-refractivity contribution in [2.45, 2.75) is 24.7 Å². The number of sulfonamides is 1. The molecule has 1 fully saturated rings. The average molecular weight is 390 g/mol. The van der Waals surface area contributed by atoms with E-state index in [1.165, 1.54) is 16.4 Å². The van der Waals surface area contributed by atoms with Crippen LogP contribution in [0.1, 0.15) is 46.2 Å². The first-order valence-corrected chi connectivity index (χ1v) is 10.1. The van der Waals surface area contributed by atoms with Gasteiger partial charge < -0.3 is 9.47 Å². The number of hydrogen-bond acceptors (Lipinski definition) is 7. The topological polar surface area (TPSA) is 103 Å². The second-order valence-corrected chi connectivity index (χ2v) is 8.71. The normalized spacial score (nSPS) is 18.2. The van der Waals surface area contributed by atoms with Crippen LogP contribution in [0.3, 0.4) is 0 Å². The van der Waals surface area contributed by atoms with Gasteiger partial charge in [-0.25, -0.2) is 18.0 Å². The third-order valence-corrected chi connectivity index (χ3v) is 6.63. The quantitative estimate of drug-likeness (QED) is 0.580. The Labute approximate surface area is 156 Å². The highest BCUT2D eigenvalue weighted by Crippen LogP contribution is 2.34. The van der Waals surface area contributed by atoms with Crippen molar-refractivity contribution in [2.75, 3.05) is 26.3 Å². The summed E-state index contributed by atoms with van der Waals surface area (Å²) < 4.78 is 37.2. The summed E-state index contributed by atoms with van der Waals surface area (Å²) in [5.74, 6) is -1.61. The fourth-order valence-corrected chi connectivity index (χ4v) is 4.82. The van der Waals surface area contributed by atoms with E-state index < -0.39 is 22.0 Å². The van der Waals surface area contributed by atoms with Crippen LogP contribution in [0.25, 0.3) is 10.9 Å². The Morgan fingerprint density at radius 1 is 1.07 bits per heavy atom. The van der Waals surface area contributed by atoms with E-state index in [-0.39, 0.29) is 35.0 Å². The zero-order valence-electron chi connectivity index (χ0n) is 14.9. The highest BCUT2D eigenvalue weighted by atomic mass is 32.2. The first-order valence-electron chi connectivity index (χ1n) is 8.62. The lowest BCUT2D eigenvalue weighted by molar-refractivity contribution is 0.0444. The third kappa shape index (κ3) is 2.82. The molecule has 4 rings (SSSR count). The summed E-state index contributed by atoms with van der Waals surface area (Å²) in [5, 5.41) is 0.305. The minimum Gasteiger partial charge on any atom is -0.386 e. The largest absolute Gasteiger partial charge is 0.386 e. The van der Waals surface area contributed by atoms with Crippen molar-refractivity contribution >= 4 is 32.9 Å². The Hall–Kier alpha value is -2.36. The molecule has 1 aromatic heterocycles. The van der Waals surface area contributed by atoms with Gasteiger partial charge in [0.1, 0.15) is 0 Å². The van der Waals surface area contributed by atoms with Crippen LogP contribution in [0, 0.1) is 0 Å². The molecule has 8 nitrogen and oxygen atoms in total. The van der Waals surface area contributed by atoms with Gasteiger partial charge in [0, 0.05) is 18.5 Å². The maximum Gasteiger partial charge on any atom is 0.348 e. The maximum absolute atomic E-state index is 12.9. The second kappa shape index (κ2) is 6.36. The van der Waals surface area contributed by atoms with Crippen molar-refractivity contribution in [3.8, 4) is 0 Å². The Kier molecular flexibility index (Phi) is 4.25. The second-order valence-electron chi connectivity index (χ2n) is 6.77. The summed E-state index contributed by atoms with van der Waals surface area (Å²) in [6.45, 7) is 4.93. The van der Waals surface area contributed by atoms with E-state index in [0.29, 0.717) is 29.8 Å². The van der Waals surface area contributed by atoms with Crippen LogP contribution in [0.2, 0.25) is 0 Å². The number of morpholine rings is 1. The van der Waals surface area contributed by atoms with Crippen molar-refractivity contribution in [2.24, 2.45) is 0 Å². The van der Waals surface area contributed by atoms with Gasteiger partial charge in [-0.05, 0) is 24.1 Å². The first kappa shape index (κ1) is 18.0. The summed E-state index contributed by atoms with van der Waals surface area (Å²) in [6.07, 6.45) is 0. The number of rotatable bonds is 3. The van der Waals surface area contributed by atoms with Gasteiger partial charge in [-0.2, -0.15) is 4.31 Å². The average Bonchev–Trinajstić information content (AvgIpc) is 2.96. The van der Waals surface area contributed by atoms with Gasteiger partial charge in [0.2, 0.25) is 10.0 Å². The van der Waals surface area contributed by atoms with Crippen LogP contribution >= 0.6 is 0 Å². The highest BCUT2D eigenvalue weighted by molar-refractivity contribution is 7.89. The van der Waals surface area contributed by atoms with Gasteiger partial charge in [-0.1, -0.05) is 13.8 Å². The molecule has 2 aromatic rings. The Bertz CT molecular complexity index is 1070. The third-order valence-electron chi connectivity index (χ3n) is 4.73. The molecule has 0 aliphatic carbocycles. The lowest BCUT2D eigenvalue weighted by atomic mass is 9.97. The summed E-state index contributed by atoms with van der Waals surface area (Å²) in [4.78, 5) is 29.0. The zero-order chi connectivity index (χ0) is 19.3. The van der Waals surface area contributed by atoms with Crippen molar-refractivity contribution < 1.29 is 27.5 Å². The van der Waals surface area contributed by atoms with Gasteiger partial charge in [0.15, 0.2) is 0 Å². The molecule has 27 heavy (non-hydrogen) atoms. The molecule has 2 aliphatic heterocycles. The summed E-state index contributed by atoms with van der Waals surface area (Å²) in [5.41, 5.74) is 1.14. The molecule has 0 amide bonds. The molecular formula is C18H18N2O6S.